The molecule has 1 N–H and O–H groups in total. The van der Waals surface area contributed by atoms with Gasteiger partial charge in [-0.25, -0.2) is 0 Å². The SMILES string of the molecule is C[Si](C)(C)CNC(=O)[C@H]1CCCN1Cc1ccccc1. The first-order chi connectivity index (χ1) is 9.46. The molecule has 1 aliphatic rings. The van der Waals surface area contributed by atoms with Gasteiger partial charge in [-0.05, 0) is 24.9 Å². The Bertz CT molecular complexity index is 442. The summed E-state index contributed by atoms with van der Waals surface area (Å²) in [5.74, 6) is 0.223. The van der Waals surface area contributed by atoms with Gasteiger partial charge < -0.3 is 5.32 Å². The van der Waals surface area contributed by atoms with Gasteiger partial charge in [-0.1, -0.05) is 50.0 Å². The maximum atomic E-state index is 12.4. The van der Waals surface area contributed by atoms with Gasteiger partial charge in [-0.15, -0.1) is 0 Å². The van der Waals surface area contributed by atoms with E-state index in [4.69, 9.17) is 0 Å². The van der Waals surface area contributed by atoms with Crippen LogP contribution < -0.4 is 5.32 Å². The number of carbonyl (C=O) groups excluding carboxylic acids is 1. The van der Waals surface area contributed by atoms with Crippen LogP contribution in [0, 0.1) is 0 Å². The van der Waals surface area contributed by atoms with Gasteiger partial charge in [-0.3, -0.25) is 9.69 Å². The zero-order chi connectivity index (χ0) is 14.6. The molecule has 110 valence electrons. The fourth-order valence-electron chi connectivity index (χ4n) is 2.60. The fourth-order valence-corrected chi connectivity index (χ4v) is 3.30. The van der Waals surface area contributed by atoms with Gasteiger partial charge in [0.25, 0.3) is 0 Å². The molecule has 0 spiro atoms. The standard InChI is InChI=1S/C16H26N2OSi/c1-20(2,3)13-17-16(19)15-10-7-11-18(15)12-14-8-5-4-6-9-14/h4-6,8-9,15H,7,10-13H2,1-3H3,(H,17,19)/t15-/m1/s1. The van der Waals surface area contributed by atoms with Gasteiger partial charge in [0.1, 0.15) is 0 Å². The van der Waals surface area contributed by atoms with E-state index in [1.165, 1.54) is 5.56 Å². The van der Waals surface area contributed by atoms with Crippen molar-refractivity contribution in [2.24, 2.45) is 0 Å². The number of carbonyl (C=O) groups is 1. The molecule has 0 radical (unpaired) electrons. The Morgan fingerprint density at radius 3 is 2.65 bits per heavy atom. The number of hydrogen-bond acceptors (Lipinski definition) is 2. The number of benzene rings is 1. The molecular weight excluding hydrogens is 264 g/mol. The number of hydrogen-bond donors (Lipinski definition) is 1. The quantitative estimate of drug-likeness (QED) is 0.846. The minimum absolute atomic E-state index is 0.0616. The molecule has 20 heavy (non-hydrogen) atoms. The number of nitrogens with zero attached hydrogens (tertiary/aromatic N) is 1. The molecule has 1 amide bonds. The number of amides is 1. The van der Waals surface area contributed by atoms with E-state index in [0.29, 0.717) is 0 Å². The van der Waals surface area contributed by atoms with Gasteiger partial charge in [0.05, 0.1) is 14.1 Å². The van der Waals surface area contributed by atoms with Crippen LogP contribution in [0.25, 0.3) is 0 Å². The van der Waals surface area contributed by atoms with Crippen molar-refractivity contribution >= 4 is 14.0 Å². The Balaban J connectivity index is 1.92. The molecule has 3 nitrogen and oxygen atoms in total. The number of rotatable bonds is 5. The summed E-state index contributed by atoms with van der Waals surface area (Å²) in [6, 6.07) is 10.5. The molecule has 1 aromatic carbocycles. The van der Waals surface area contributed by atoms with Crippen LogP contribution in [-0.2, 0) is 11.3 Å². The van der Waals surface area contributed by atoms with E-state index in [9.17, 15) is 4.79 Å². The van der Waals surface area contributed by atoms with Crippen LogP contribution in [0.2, 0.25) is 19.6 Å². The average Bonchev–Trinajstić information content (AvgIpc) is 2.84. The second kappa shape index (κ2) is 6.55. The first-order valence-corrected chi connectivity index (χ1v) is 11.2. The summed E-state index contributed by atoms with van der Waals surface area (Å²) in [4.78, 5) is 14.7. The molecule has 0 saturated carbocycles. The van der Waals surface area contributed by atoms with Gasteiger partial charge in [0.15, 0.2) is 0 Å². The summed E-state index contributed by atoms with van der Waals surface area (Å²) < 4.78 is 0. The molecule has 1 atom stereocenters. The molecule has 2 rings (SSSR count). The molecule has 0 aliphatic carbocycles. The summed E-state index contributed by atoms with van der Waals surface area (Å²) in [6.45, 7) is 8.75. The van der Waals surface area contributed by atoms with Crippen LogP contribution >= 0.6 is 0 Å². The van der Waals surface area contributed by atoms with Gasteiger partial charge >= 0.3 is 0 Å². The van der Waals surface area contributed by atoms with Crippen molar-refractivity contribution in [2.75, 3.05) is 12.7 Å². The van der Waals surface area contributed by atoms with Gasteiger partial charge in [-0.2, -0.15) is 0 Å². The van der Waals surface area contributed by atoms with Crippen LogP contribution in [0.5, 0.6) is 0 Å². The second-order valence-corrected chi connectivity index (χ2v) is 12.4. The molecule has 1 aromatic rings. The van der Waals surface area contributed by atoms with Crippen molar-refractivity contribution < 1.29 is 4.79 Å². The van der Waals surface area contributed by atoms with E-state index in [1.807, 2.05) is 6.07 Å². The second-order valence-electron chi connectivity index (χ2n) is 6.89. The van der Waals surface area contributed by atoms with Crippen molar-refractivity contribution in [1.29, 1.82) is 0 Å². The Morgan fingerprint density at radius 1 is 1.30 bits per heavy atom. The lowest BCUT2D eigenvalue weighted by molar-refractivity contribution is -0.125. The van der Waals surface area contributed by atoms with Crippen LogP contribution in [0.1, 0.15) is 18.4 Å². The lowest BCUT2D eigenvalue weighted by Crippen LogP contribution is -2.47. The zero-order valence-corrected chi connectivity index (χ0v) is 13.9. The number of nitrogens with one attached hydrogen (secondary N) is 1. The lowest BCUT2D eigenvalue weighted by atomic mass is 10.1. The molecule has 0 unspecified atom stereocenters. The van der Waals surface area contributed by atoms with E-state index in [2.05, 4.69) is 54.1 Å². The summed E-state index contributed by atoms with van der Waals surface area (Å²) in [6.07, 6.45) is 2.99. The smallest absolute Gasteiger partial charge is 0.237 e. The number of likely N-dealkylation sites (tertiary alicyclic amines) is 1. The van der Waals surface area contributed by atoms with Gasteiger partial charge in [0, 0.05) is 12.7 Å². The predicted octanol–water partition coefficient (Wildman–Crippen LogP) is 2.64. The van der Waals surface area contributed by atoms with Crippen LogP contribution in [-0.4, -0.2) is 37.6 Å². The summed E-state index contributed by atoms with van der Waals surface area (Å²) in [5, 5.41) is 3.16. The maximum Gasteiger partial charge on any atom is 0.237 e. The van der Waals surface area contributed by atoms with Crippen LogP contribution in [0.3, 0.4) is 0 Å². The van der Waals surface area contributed by atoms with Crippen molar-refractivity contribution in [3.63, 3.8) is 0 Å². The summed E-state index contributed by atoms with van der Waals surface area (Å²) >= 11 is 0. The third-order valence-electron chi connectivity index (χ3n) is 3.69. The summed E-state index contributed by atoms with van der Waals surface area (Å²) in [7, 11) is -1.22. The Morgan fingerprint density at radius 2 is 2.00 bits per heavy atom. The van der Waals surface area contributed by atoms with E-state index < -0.39 is 8.07 Å². The first kappa shape index (κ1) is 15.3. The largest absolute Gasteiger partial charge is 0.358 e. The topological polar surface area (TPSA) is 32.3 Å². The maximum absolute atomic E-state index is 12.4. The van der Waals surface area contributed by atoms with Crippen LogP contribution in [0.4, 0.5) is 0 Å². The van der Waals surface area contributed by atoms with Crippen LogP contribution in [0.15, 0.2) is 30.3 Å². The van der Waals surface area contributed by atoms with Crippen molar-refractivity contribution in [2.45, 2.75) is 45.1 Å². The molecule has 4 heteroatoms. The Hall–Kier alpha value is -1.13. The highest BCUT2D eigenvalue weighted by atomic mass is 28.3. The highest BCUT2D eigenvalue weighted by Gasteiger charge is 2.31. The van der Waals surface area contributed by atoms with E-state index in [1.54, 1.807) is 0 Å². The fraction of sp³-hybridized carbons (Fsp3) is 0.562. The Kier molecular flexibility index (Phi) is 4.99. The molecule has 1 saturated heterocycles. The monoisotopic (exact) mass is 290 g/mol. The lowest BCUT2D eigenvalue weighted by Gasteiger charge is -2.25. The minimum Gasteiger partial charge on any atom is -0.358 e. The normalized spacial score (nSPS) is 20.1. The van der Waals surface area contributed by atoms with Crippen molar-refractivity contribution in [1.82, 2.24) is 10.2 Å². The Labute approximate surface area is 123 Å². The predicted molar refractivity (Wildman–Crippen MR) is 86.2 cm³/mol. The molecule has 1 heterocycles. The average molecular weight is 290 g/mol. The van der Waals surface area contributed by atoms with E-state index >= 15 is 0 Å². The molecular formula is C16H26N2OSi. The highest BCUT2D eigenvalue weighted by Crippen LogP contribution is 2.20. The highest BCUT2D eigenvalue weighted by molar-refractivity contribution is 6.76. The molecule has 1 aliphatic heterocycles. The zero-order valence-electron chi connectivity index (χ0n) is 12.9. The summed E-state index contributed by atoms with van der Waals surface area (Å²) in [5.41, 5.74) is 1.29. The molecule has 0 aromatic heterocycles. The van der Waals surface area contributed by atoms with Crippen molar-refractivity contribution in [3.05, 3.63) is 35.9 Å². The van der Waals surface area contributed by atoms with E-state index in [-0.39, 0.29) is 11.9 Å². The third-order valence-corrected chi connectivity index (χ3v) is 4.93. The molecule has 0 bridgehead atoms. The minimum atomic E-state index is -1.22. The first-order valence-electron chi connectivity index (χ1n) is 7.51. The third kappa shape index (κ3) is 4.46. The van der Waals surface area contributed by atoms with E-state index in [0.717, 1.165) is 32.1 Å². The molecule has 1 fully saturated rings. The van der Waals surface area contributed by atoms with Gasteiger partial charge in [0.2, 0.25) is 5.91 Å². The van der Waals surface area contributed by atoms with Crippen molar-refractivity contribution in [3.8, 4) is 0 Å².